The van der Waals surface area contributed by atoms with Gasteiger partial charge in [-0.15, -0.1) is 0 Å². The molecule has 0 bridgehead atoms. The van der Waals surface area contributed by atoms with Crippen molar-refractivity contribution in [2.45, 2.75) is 26.7 Å². The molecule has 2 nitrogen and oxygen atoms in total. The van der Waals surface area contributed by atoms with Crippen molar-refractivity contribution in [1.82, 2.24) is 4.90 Å². The van der Waals surface area contributed by atoms with Crippen LogP contribution in [0.3, 0.4) is 0 Å². The Morgan fingerprint density at radius 1 is 1.19 bits per heavy atom. The molecule has 2 aromatic carbocycles. The van der Waals surface area contributed by atoms with Crippen LogP contribution in [0.5, 0.6) is 0 Å². The number of hydrogen-bond acceptors (Lipinski definition) is 2. The van der Waals surface area contributed by atoms with Gasteiger partial charge >= 0.3 is 0 Å². The van der Waals surface area contributed by atoms with Crippen LogP contribution in [0, 0.1) is 12.8 Å². The number of nitrogens with zero attached hydrogens (tertiary/aromatic N) is 1. The zero-order valence-electron chi connectivity index (χ0n) is 12.9. The number of piperidine rings is 1. The largest absolute Gasteiger partial charge is 0.296 e. The lowest BCUT2D eigenvalue weighted by Gasteiger charge is -2.30. The summed E-state index contributed by atoms with van der Waals surface area (Å²) in [5.74, 6) is 0.960. The van der Waals surface area contributed by atoms with E-state index in [0.29, 0.717) is 12.5 Å². The van der Waals surface area contributed by atoms with Crippen LogP contribution in [0.15, 0.2) is 36.4 Å². The minimum absolute atomic E-state index is 0.250. The molecule has 1 fully saturated rings. The zero-order chi connectivity index (χ0) is 14.8. The van der Waals surface area contributed by atoms with Gasteiger partial charge in [-0.1, -0.05) is 43.3 Å². The highest BCUT2D eigenvalue weighted by Gasteiger charge is 2.20. The van der Waals surface area contributed by atoms with Crippen molar-refractivity contribution in [3.05, 3.63) is 47.5 Å². The zero-order valence-corrected chi connectivity index (χ0v) is 12.9. The summed E-state index contributed by atoms with van der Waals surface area (Å²) >= 11 is 0. The number of fused-ring (bicyclic) bond motifs is 1. The lowest BCUT2D eigenvalue weighted by atomic mass is 9.96. The molecule has 1 unspecified atom stereocenters. The summed E-state index contributed by atoms with van der Waals surface area (Å²) < 4.78 is 0. The van der Waals surface area contributed by atoms with Crippen molar-refractivity contribution < 1.29 is 4.79 Å². The van der Waals surface area contributed by atoms with Gasteiger partial charge in [-0.3, -0.25) is 9.69 Å². The van der Waals surface area contributed by atoms with Crippen molar-refractivity contribution >= 4 is 16.6 Å². The van der Waals surface area contributed by atoms with E-state index in [0.717, 1.165) is 24.0 Å². The molecule has 1 aliphatic rings. The van der Waals surface area contributed by atoms with Gasteiger partial charge in [0.2, 0.25) is 0 Å². The second-order valence-corrected chi connectivity index (χ2v) is 6.38. The number of aryl methyl sites for hydroxylation is 1. The molecule has 2 aromatic rings. The van der Waals surface area contributed by atoms with E-state index < -0.39 is 0 Å². The highest BCUT2D eigenvalue weighted by molar-refractivity contribution is 6.09. The van der Waals surface area contributed by atoms with E-state index in [1.54, 1.807) is 0 Å². The number of Topliss-reactive ketones (excluding diaryl/α,β-unsaturated/α-hetero) is 1. The molecule has 0 N–H and O–H groups in total. The number of likely N-dealkylation sites (tertiary alicyclic amines) is 1. The molecule has 1 aliphatic heterocycles. The molecular weight excluding hydrogens is 258 g/mol. The molecule has 110 valence electrons. The summed E-state index contributed by atoms with van der Waals surface area (Å²) in [6, 6.07) is 12.3. The van der Waals surface area contributed by atoms with E-state index in [9.17, 15) is 4.79 Å². The molecule has 1 saturated heterocycles. The monoisotopic (exact) mass is 281 g/mol. The Kier molecular flexibility index (Phi) is 4.07. The predicted octanol–water partition coefficient (Wildman–Crippen LogP) is 4.06. The quantitative estimate of drug-likeness (QED) is 0.791. The maximum Gasteiger partial charge on any atom is 0.177 e. The maximum absolute atomic E-state index is 12.7. The lowest BCUT2D eigenvalue weighted by Crippen LogP contribution is -2.38. The predicted molar refractivity (Wildman–Crippen MR) is 87.9 cm³/mol. The molecule has 0 radical (unpaired) electrons. The Balaban J connectivity index is 1.86. The molecule has 0 saturated carbocycles. The highest BCUT2D eigenvalue weighted by atomic mass is 16.1. The van der Waals surface area contributed by atoms with E-state index in [1.165, 1.54) is 23.8 Å². The van der Waals surface area contributed by atoms with Crippen LogP contribution in [0.4, 0.5) is 0 Å². The van der Waals surface area contributed by atoms with Crippen LogP contribution in [0.2, 0.25) is 0 Å². The molecule has 21 heavy (non-hydrogen) atoms. The first-order chi connectivity index (χ1) is 10.1. The molecule has 2 heteroatoms. The van der Waals surface area contributed by atoms with Gasteiger partial charge in [0.1, 0.15) is 0 Å². The summed E-state index contributed by atoms with van der Waals surface area (Å²) in [5, 5.41) is 2.28. The number of benzene rings is 2. The summed E-state index contributed by atoms with van der Waals surface area (Å²) in [4.78, 5) is 15.0. The topological polar surface area (TPSA) is 20.3 Å². The van der Waals surface area contributed by atoms with Crippen LogP contribution in [0.1, 0.15) is 35.7 Å². The fraction of sp³-hybridized carbons (Fsp3) is 0.421. The second kappa shape index (κ2) is 5.98. The number of ketones is 1. The van der Waals surface area contributed by atoms with Crippen LogP contribution < -0.4 is 0 Å². The minimum atomic E-state index is 0.250. The van der Waals surface area contributed by atoms with E-state index in [-0.39, 0.29) is 5.78 Å². The molecule has 0 amide bonds. The molecular formula is C19H23NO. The van der Waals surface area contributed by atoms with Gasteiger partial charge in [0.25, 0.3) is 0 Å². The summed E-state index contributed by atoms with van der Waals surface area (Å²) in [7, 11) is 0. The number of rotatable bonds is 3. The van der Waals surface area contributed by atoms with Gasteiger partial charge in [-0.2, -0.15) is 0 Å². The van der Waals surface area contributed by atoms with Crippen LogP contribution in [-0.4, -0.2) is 30.3 Å². The summed E-state index contributed by atoms with van der Waals surface area (Å²) in [6.45, 7) is 7.04. The Hall–Kier alpha value is -1.67. The van der Waals surface area contributed by atoms with Crippen molar-refractivity contribution in [2.24, 2.45) is 5.92 Å². The fourth-order valence-corrected chi connectivity index (χ4v) is 3.41. The van der Waals surface area contributed by atoms with Crippen molar-refractivity contribution in [2.75, 3.05) is 19.6 Å². The summed E-state index contributed by atoms with van der Waals surface area (Å²) in [5.41, 5.74) is 2.10. The third kappa shape index (κ3) is 3.01. The van der Waals surface area contributed by atoms with Gasteiger partial charge in [-0.05, 0) is 48.6 Å². The van der Waals surface area contributed by atoms with E-state index in [1.807, 2.05) is 18.2 Å². The molecule has 0 aromatic heterocycles. The first-order valence-corrected chi connectivity index (χ1v) is 7.89. The molecule has 1 heterocycles. The number of carbonyl (C=O) groups excluding carboxylic acids is 1. The van der Waals surface area contributed by atoms with Gasteiger partial charge in [0.15, 0.2) is 5.78 Å². The molecule has 3 rings (SSSR count). The van der Waals surface area contributed by atoms with Gasteiger partial charge in [0.05, 0.1) is 6.54 Å². The number of carbonyl (C=O) groups is 1. The van der Waals surface area contributed by atoms with Crippen molar-refractivity contribution in [1.29, 1.82) is 0 Å². The van der Waals surface area contributed by atoms with E-state index in [2.05, 4.69) is 36.9 Å². The van der Waals surface area contributed by atoms with Crippen LogP contribution in [-0.2, 0) is 0 Å². The van der Waals surface area contributed by atoms with Crippen LogP contribution in [0.25, 0.3) is 10.8 Å². The average Bonchev–Trinajstić information content (AvgIpc) is 2.48. The van der Waals surface area contributed by atoms with E-state index in [4.69, 9.17) is 0 Å². The van der Waals surface area contributed by atoms with Crippen LogP contribution >= 0.6 is 0 Å². The fourth-order valence-electron chi connectivity index (χ4n) is 3.41. The Labute approximate surface area is 126 Å². The van der Waals surface area contributed by atoms with Gasteiger partial charge in [0, 0.05) is 12.1 Å². The van der Waals surface area contributed by atoms with Crippen molar-refractivity contribution in [3.8, 4) is 0 Å². The first kappa shape index (κ1) is 14.3. The first-order valence-electron chi connectivity index (χ1n) is 7.89. The molecule has 0 spiro atoms. The van der Waals surface area contributed by atoms with E-state index >= 15 is 0 Å². The van der Waals surface area contributed by atoms with Crippen molar-refractivity contribution in [3.63, 3.8) is 0 Å². The smallest absolute Gasteiger partial charge is 0.177 e. The van der Waals surface area contributed by atoms with Gasteiger partial charge < -0.3 is 0 Å². The van der Waals surface area contributed by atoms with Gasteiger partial charge in [-0.25, -0.2) is 0 Å². The Morgan fingerprint density at radius 2 is 1.95 bits per heavy atom. The summed E-state index contributed by atoms with van der Waals surface area (Å²) in [6.07, 6.45) is 2.50. The third-order valence-corrected chi connectivity index (χ3v) is 4.55. The second-order valence-electron chi connectivity index (χ2n) is 6.38. The lowest BCUT2D eigenvalue weighted by molar-refractivity contribution is 0.0894. The highest BCUT2D eigenvalue weighted by Crippen LogP contribution is 2.23. The standard InChI is InChI=1S/C19H23NO/c1-14-6-5-11-20(12-14)13-19(21)18-10-9-15(2)16-7-3-4-8-17(16)18/h3-4,7-10,14H,5-6,11-13H2,1-2H3. The Morgan fingerprint density at radius 3 is 2.71 bits per heavy atom. The molecule has 1 atom stereocenters. The number of hydrogen-bond donors (Lipinski definition) is 0. The maximum atomic E-state index is 12.7. The molecule has 0 aliphatic carbocycles. The minimum Gasteiger partial charge on any atom is -0.296 e. The normalized spacial score (nSPS) is 19.8. The third-order valence-electron chi connectivity index (χ3n) is 4.55. The average molecular weight is 281 g/mol. The Bertz CT molecular complexity index is 662. The SMILES string of the molecule is Cc1ccc(C(=O)CN2CCCC(C)C2)c2ccccc12.